The van der Waals surface area contributed by atoms with E-state index < -0.39 is 10.0 Å². The Kier molecular flexibility index (Phi) is 7.08. The standard InChI is InChI=1S/C29H28N4O3S2/c34-38(35,32-17-19-36-20-18-32)25-15-13-24(14-16-25)30-29-33(28(21-37-29)23-8-2-1-3-9-23)31-27-12-6-10-22-7-4-5-11-26(22)27/h1-5,7-9,11,13-16,21H,6,10,12,17-20H2. The maximum absolute atomic E-state index is 13.0. The molecular formula is C29H28N4O3S2. The number of nitrogens with zero attached hydrogens (tertiary/aromatic N) is 4. The highest BCUT2D eigenvalue weighted by molar-refractivity contribution is 7.89. The van der Waals surface area contributed by atoms with E-state index in [1.54, 1.807) is 24.3 Å². The van der Waals surface area contributed by atoms with Crippen molar-refractivity contribution in [2.24, 2.45) is 10.1 Å². The Morgan fingerprint density at radius 3 is 2.37 bits per heavy atom. The quantitative estimate of drug-likeness (QED) is 0.353. The fourth-order valence-corrected chi connectivity index (χ4v) is 7.10. The first kappa shape index (κ1) is 24.9. The lowest BCUT2D eigenvalue weighted by molar-refractivity contribution is 0.0730. The highest BCUT2D eigenvalue weighted by atomic mass is 32.2. The fraction of sp³-hybridized carbons (Fsp3) is 0.241. The SMILES string of the molecule is O=S(=O)(c1ccc(N=c2scc(-c3ccccc3)n2N=C2CCCc3ccccc32)cc1)N1CCOCC1. The van der Waals surface area contributed by atoms with E-state index >= 15 is 0 Å². The minimum Gasteiger partial charge on any atom is -0.379 e. The van der Waals surface area contributed by atoms with Gasteiger partial charge in [-0.05, 0) is 49.1 Å². The first-order valence-electron chi connectivity index (χ1n) is 12.7. The number of aromatic nitrogens is 1. The molecule has 0 unspecified atom stereocenters. The van der Waals surface area contributed by atoms with Crippen LogP contribution in [-0.2, 0) is 21.2 Å². The van der Waals surface area contributed by atoms with Gasteiger partial charge in [-0.25, -0.2) is 18.1 Å². The molecule has 0 bridgehead atoms. The monoisotopic (exact) mass is 544 g/mol. The van der Waals surface area contributed by atoms with Gasteiger partial charge in [-0.15, -0.1) is 11.3 Å². The van der Waals surface area contributed by atoms with Gasteiger partial charge in [0.05, 0.1) is 35.2 Å². The number of aryl methyl sites for hydroxylation is 1. The third-order valence-electron chi connectivity index (χ3n) is 6.83. The first-order valence-corrected chi connectivity index (χ1v) is 15.1. The van der Waals surface area contributed by atoms with Crippen molar-refractivity contribution < 1.29 is 13.2 Å². The second kappa shape index (κ2) is 10.8. The van der Waals surface area contributed by atoms with Gasteiger partial charge in [0.25, 0.3) is 0 Å². The van der Waals surface area contributed by atoms with Crippen LogP contribution in [0.15, 0.2) is 99.2 Å². The van der Waals surface area contributed by atoms with Crippen LogP contribution < -0.4 is 4.80 Å². The summed E-state index contributed by atoms with van der Waals surface area (Å²) < 4.78 is 34.7. The number of hydrogen-bond acceptors (Lipinski definition) is 6. The molecule has 1 aliphatic heterocycles. The Morgan fingerprint density at radius 2 is 1.58 bits per heavy atom. The van der Waals surface area contributed by atoms with E-state index in [-0.39, 0.29) is 4.90 Å². The molecule has 1 saturated heterocycles. The van der Waals surface area contributed by atoms with Gasteiger partial charge < -0.3 is 4.74 Å². The maximum atomic E-state index is 13.0. The lowest BCUT2D eigenvalue weighted by Crippen LogP contribution is -2.40. The summed E-state index contributed by atoms with van der Waals surface area (Å²) in [5.74, 6) is 0. The zero-order valence-corrected chi connectivity index (χ0v) is 22.5. The summed E-state index contributed by atoms with van der Waals surface area (Å²) in [6, 6.07) is 25.4. The van der Waals surface area contributed by atoms with Crippen LogP contribution in [0.3, 0.4) is 0 Å². The predicted molar refractivity (Wildman–Crippen MR) is 150 cm³/mol. The molecule has 38 heavy (non-hydrogen) atoms. The third-order valence-corrected chi connectivity index (χ3v) is 9.56. The molecule has 7 nitrogen and oxygen atoms in total. The van der Waals surface area contributed by atoms with Crippen LogP contribution in [0.25, 0.3) is 11.3 Å². The zero-order chi connectivity index (χ0) is 26.0. The van der Waals surface area contributed by atoms with Crippen LogP contribution >= 0.6 is 11.3 Å². The van der Waals surface area contributed by atoms with Crippen LogP contribution in [0, 0.1) is 0 Å². The number of rotatable bonds is 5. The van der Waals surface area contributed by atoms with Crippen molar-refractivity contribution >= 4 is 32.8 Å². The summed E-state index contributed by atoms with van der Waals surface area (Å²) in [7, 11) is -3.55. The summed E-state index contributed by atoms with van der Waals surface area (Å²) in [6.45, 7) is 1.58. The van der Waals surface area contributed by atoms with Crippen molar-refractivity contribution in [3.05, 3.63) is 100 Å². The van der Waals surface area contributed by atoms with Crippen LogP contribution in [0.2, 0.25) is 0 Å². The first-order chi connectivity index (χ1) is 18.6. The molecule has 2 heterocycles. The molecule has 2 aliphatic rings. The molecule has 0 amide bonds. The molecule has 0 spiro atoms. The summed E-state index contributed by atoms with van der Waals surface area (Å²) in [5.41, 5.74) is 6.27. The van der Waals surface area contributed by atoms with Crippen molar-refractivity contribution in [3.8, 4) is 11.3 Å². The largest absolute Gasteiger partial charge is 0.379 e. The maximum Gasteiger partial charge on any atom is 0.243 e. The molecule has 194 valence electrons. The molecule has 3 aromatic carbocycles. The van der Waals surface area contributed by atoms with Crippen molar-refractivity contribution in [1.29, 1.82) is 0 Å². The number of thiazole rings is 1. The minimum atomic E-state index is -3.55. The Bertz CT molecular complexity index is 1630. The number of morpholine rings is 1. The van der Waals surface area contributed by atoms with Crippen LogP contribution in [0.1, 0.15) is 24.0 Å². The van der Waals surface area contributed by atoms with Crippen LogP contribution in [0.5, 0.6) is 0 Å². The van der Waals surface area contributed by atoms with Crippen molar-refractivity contribution in [1.82, 2.24) is 8.98 Å². The molecule has 1 fully saturated rings. The predicted octanol–water partition coefficient (Wildman–Crippen LogP) is 5.06. The Balaban J connectivity index is 1.41. The van der Waals surface area contributed by atoms with Gasteiger partial charge in [0.15, 0.2) is 0 Å². The van der Waals surface area contributed by atoms with E-state index in [0.717, 1.165) is 41.0 Å². The molecule has 6 rings (SSSR count). The highest BCUT2D eigenvalue weighted by Gasteiger charge is 2.26. The number of ether oxygens (including phenoxy) is 1. The van der Waals surface area contributed by atoms with E-state index in [0.29, 0.717) is 32.0 Å². The number of benzene rings is 3. The average Bonchev–Trinajstić information content (AvgIpc) is 3.36. The zero-order valence-electron chi connectivity index (χ0n) is 20.9. The highest BCUT2D eigenvalue weighted by Crippen LogP contribution is 2.25. The summed E-state index contributed by atoms with van der Waals surface area (Å²) in [5, 5.41) is 7.22. The van der Waals surface area contributed by atoms with Gasteiger partial charge >= 0.3 is 0 Å². The molecule has 4 aromatic rings. The molecule has 9 heteroatoms. The summed E-state index contributed by atoms with van der Waals surface area (Å²) in [6.07, 6.45) is 3.03. The van der Waals surface area contributed by atoms with Gasteiger partial charge in [-0.3, -0.25) is 0 Å². The molecule has 0 saturated carbocycles. The van der Waals surface area contributed by atoms with Crippen LogP contribution in [-0.4, -0.2) is 49.4 Å². The number of sulfonamides is 1. The smallest absolute Gasteiger partial charge is 0.243 e. The van der Waals surface area contributed by atoms with Gasteiger partial charge in [-0.2, -0.15) is 9.41 Å². The molecule has 1 aromatic heterocycles. The second-order valence-corrected chi connectivity index (χ2v) is 12.0. The van der Waals surface area contributed by atoms with Crippen LogP contribution in [0.4, 0.5) is 5.69 Å². The molecule has 0 atom stereocenters. The molecular weight excluding hydrogens is 516 g/mol. The summed E-state index contributed by atoms with van der Waals surface area (Å²) >= 11 is 1.52. The third kappa shape index (κ3) is 5.02. The molecule has 0 radical (unpaired) electrons. The minimum absolute atomic E-state index is 0.265. The van der Waals surface area contributed by atoms with E-state index in [4.69, 9.17) is 14.8 Å². The normalized spacial score (nSPS) is 18.0. The topological polar surface area (TPSA) is 76.3 Å². The Labute approximate surface area is 226 Å². The van der Waals surface area contributed by atoms with Crippen molar-refractivity contribution in [2.45, 2.75) is 24.2 Å². The fourth-order valence-electron chi connectivity index (χ4n) is 4.85. The lowest BCUT2D eigenvalue weighted by atomic mass is 9.90. The average molecular weight is 545 g/mol. The Morgan fingerprint density at radius 1 is 0.842 bits per heavy atom. The second-order valence-electron chi connectivity index (χ2n) is 9.26. The van der Waals surface area contributed by atoms with Crippen molar-refractivity contribution in [2.75, 3.05) is 26.3 Å². The van der Waals surface area contributed by atoms with E-state index in [1.165, 1.54) is 26.8 Å². The number of hydrogen-bond donors (Lipinski definition) is 0. The summed E-state index contributed by atoms with van der Waals surface area (Å²) in [4.78, 5) is 5.88. The van der Waals surface area contributed by atoms with E-state index in [9.17, 15) is 8.42 Å². The van der Waals surface area contributed by atoms with Crippen molar-refractivity contribution in [3.63, 3.8) is 0 Å². The molecule has 1 aliphatic carbocycles. The lowest BCUT2D eigenvalue weighted by Gasteiger charge is -2.26. The van der Waals surface area contributed by atoms with E-state index in [2.05, 4.69) is 41.8 Å². The van der Waals surface area contributed by atoms with Gasteiger partial charge in [0, 0.05) is 29.6 Å². The van der Waals surface area contributed by atoms with Gasteiger partial charge in [-0.1, -0.05) is 54.6 Å². The Hall–Kier alpha value is -3.37. The van der Waals surface area contributed by atoms with Gasteiger partial charge in [0.2, 0.25) is 14.8 Å². The number of fused-ring (bicyclic) bond motifs is 1. The van der Waals surface area contributed by atoms with Gasteiger partial charge in [0.1, 0.15) is 0 Å². The molecule has 0 N–H and O–H groups in total. The van der Waals surface area contributed by atoms with E-state index in [1.807, 2.05) is 22.9 Å².